The highest BCUT2D eigenvalue weighted by Gasteiger charge is 2.05. The molecule has 6 heteroatoms. The summed E-state index contributed by atoms with van der Waals surface area (Å²) in [6, 6.07) is 12.9. The number of methoxy groups -OCH3 is 1. The maximum Gasteiger partial charge on any atom is 0.331 e. The summed E-state index contributed by atoms with van der Waals surface area (Å²) < 4.78 is 22.7. The number of hydrogen-bond donors (Lipinski definition) is 1. The van der Waals surface area contributed by atoms with Gasteiger partial charge < -0.3 is 14.8 Å². The average molecular weight is 343 g/mol. The molecule has 0 atom stereocenters. The van der Waals surface area contributed by atoms with E-state index < -0.39 is 11.9 Å². The predicted molar refractivity (Wildman–Crippen MR) is 91.2 cm³/mol. The highest BCUT2D eigenvalue weighted by Crippen LogP contribution is 2.10. The Bertz CT molecular complexity index is 739. The summed E-state index contributed by atoms with van der Waals surface area (Å²) in [5, 5.41) is 2.65. The number of rotatable bonds is 7. The molecule has 2 aromatic carbocycles. The molecule has 25 heavy (non-hydrogen) atoms. The summed E-state index contributed by atoms with van der Waals surface area (Å²) in [5.74, 6) is -0.673. The van der Waals surface area contributed by atoms with Crippen molar-refractivity contribution in [1.29, 1.82) is 0 Å². The van der Waals surface area contributed by atoms with Gasteiger partial charge in [-0.25, -0.2) is 9.18 Å². The van der Waals surface area contributed by atoms with E-state index in [-0.39, 0.29) is 12.4 Å². The van der Waals surface area contributed by atoms with Gasteiger partial charge in [0, 0.05) is 12.6 Å². The van der Waals surface area contributed by atoms with Crippen molar-refractivity contribution in [2.45, 2.75) is 6.54 Å². The van der Waals surface area contributed by atoms with Crippen LogP contribution in [-0.2, 0) is 20.9 Å². The summed E-state index contributed by atoms with van der Waals surface area (Å²) in [5.41, 5.74) is 1.55. The van der Waals surface area contributed by atoms with Gasteiger partial charge >= 0.3 is 5.97 Å². The summed E-state index contributed by atoms with van der Waals surface area (Å²) >= 11 is 0. The molecule has 0 aliphatic carbocycles. The van der Waals surface area contributed by atoms with E-state index in [0.717, 1.165) is 11.3 Å². The fourth-order valence-corrected chi connectivity index (χ4v) is 1.92. The Labute approximate surface area is 145 Å². The van der Waals surface area contributed by atoms with E-state index in [1.807, 2.05) is 12.1 Å². The number of ether oxygens (including phenoxy) is 2. The number of nitrogens with one attached hydrogen (secondary N) is 1. The Morgan fingerprint density at radius 3 is 2.40 bits per heavy atom. The maximum atomic E-state index is 12.8. The molecule has 1 amide bonds. The lowest BCUT2D eigenvalue weighted by Crippen LogP contribution is -2.28. The highest BCUT2D eigenvalue weighted by molar-refractivity contribution is 5.89. The van der Waals surface area contributed by atoms with Crippen LogP contribution in [0.5, 0.6) is 5.75 Å². The molecule has 2 rings (SSSR count). The molecule has 0 aliphatic heterocycles. The number of carbonyl (C=O) groups excluding carboxylic acids is 2. The van der Waals surface area contributed by atoms with Crippen LogP contribution in [0.3, 0.4) is 0 Å². The second kappa shape index (κ2) is 9.22. The van der Waals surface area contributed by atoms with Gasteiger partial charge in [0.25, 0.3) is 5.91 Å². The van der Waals surface area contributed by atoms with E-state index in [1.54, 1.807) is 19.2 Å². The lowest BCUT2D eigenvalue weighted by molar-refractivity contribution is -0.143. The molecule has 0 aromatic heterocycles. The first-order valence-corrected chi connectivity index (χ1v) is 7.57. The number of esters is 1. The first-order chi connectivity index (χ1) is 12.1. The van der Waals surface area contributed by atoms with Crippen LogP contribution in [0.1, 0.15) is 11.1 Å². The van der Waals surface area contributed by atoms with Crippen molar-refractivity contribution in [1.82, 2.24) is 5.32 Å². The molecule has 2 aromatic rings. The molecule has 0 spiro atoms. The van der Waals surface area contributed by atoms with Gasteiger partial charge in [0.1, 0.15) is 11.6 Å². The SMILES string of the molecule is COc1ccc(CNC(=O)COC(=O)/C=C/c2ccc(F)cc2)cc1. The summed E-state index contributed by atoms with van der Waals surface area (Å²) in [6.07, 6.45) is 2.67. The zero-order valence-corrected chi connectivity index (χ0v) is 13.7. The average Bonchev–Trinajstić information content (AvgIpc) is 2.64. The smallest absolute Gasteiger partial charge is 0.331 e. The maximum absolute atomic E-state index is 12.8. The molecule has 0 aliphatic rings. The van der Waals surface area contributed by atoms with E-state index in [4.69, 9.17) is 9.47 Å². The van der Waals surface area contributed by atoms with Crippen LogP contribution in [0.4, 0.5) is 4.39 Å². The third kappa shape index (κ3) is 6.47. The second-order valence-electron chi connectivity index (χ2n) is 5.12. The van der Waals surface area contributed by atoms with Crippen molar-refractivity contribution in [3.63, 3.8) is 0 Å². The normalized spacial score (nSPS) is 10.5. The van der Waals surface area contributed by atoms with Crippen molar-refractivity contribution >= 4 is 18.0 Å². The molecule has 130 valence electrons. The quantitative estimate of drug-likeness (QED) is 0.620. The number of hydrogen-bond acceptors (Lipinski definition) is 4. The lowest BCUT2D eigenvalue weighted by Gasteiger charge is -2.06. The second-order valence-corrected chi connectivity index (χ2v) is 5.12. The van der Waals surface area contributed by atoms with Gasteiger partial charge in [-0.3, -0.25) is 4.79 Å². The molecule has 0 unspecified atom stereocenters. The van der Waals surface area contributed by atoms with E-state index in [0.29, 0.717) is 12.1 Å². The van der Waals surface area contributed by atoms with Gasteiger partial charge in [-0.1, -0.05) is 24.3 Å². The van der Waals surface area contributed by atoms with Gasteiger partial charge in [0.05, 0.1) is 7.11 Å². The molecule has 0 saturated heterocycles. The summed E-state index contributed by atoms with van der Waals surface area (Å²) in [7, 11) is 1.58. The first kappa shape index (κ1) is 18.2. The van der Waals surface area contributed by atoms with Crippen LogP contribution < -0.4 is 10.1 Å². The fourth-order valence-electron chi connectivity index (χ4n) is 1.92. The molecule has 5 nitrogen and oxygen atoms in total. The summed E-state index contributed by atoms with van der Waals surface area (Å²) in [6.45, 7) is -0.0471. The monoisotopic (exact) mass is 343 g/mol. The van der Waals surface area contributed by atoms with Crippen molar-refractivity contribution in [2.24, 2.45) is 0 Å². The lowest BCUT2D eigenvalue weighted by atomic mass is 10.2. The van der Waals surface area contributed by atoms with Crippen molar-refractivity contribution < 1.29 is 23.5 Å². The van der Waals surface area contributed by atoms with Crippen molar-refractivity contribution in [3.8, 4) is 5.75 Å². The Kier molecular flexibility index (Phi) is 6.71. The Morgan fingerprint density at radius 2 is 1.76 bits per heavy atom. The molecule has 0 saturated carbocycles. The van der Waals surface area contributed by atoms with E-state index in [2.05, 4.69) is 5.32 Å². The zero-order valence-electron chi connectivity index (χ0n) is 13.7. The Hall–Kier alpha value is -3.15. The topological polar surface area (TPSA) is 64.6 Å². The Morgan fingerprint density at radius 1 is 1.08 bits per heavy atom. The van der Waals surface area contributed by atoms with E-state index >= 15 is 0 Å². The standard InChI is InChI=1S/C19H18FNO4/c1-24-17-9-4-15(5-10-17)12-21-18(22)13-25-19(23)11-6-14-2-7-16(20)8-3-14/h2-11H,12-13H2,1H3,(H,21,22)/b11-6+. The molecular weight excluding hydrogens is 325 g/mol. The van der Waals surface area contributed by atoms with Crippen LogP contribution in [0.2, 0.25) is 0 Å². The third-order valence-corrected chi connectivity index (χ3v) is 3.28. The zero-order chi connectivity index (χ0) is 18.1. The number of benzene rings is 2. The van der Waals surface area contributed by atoms with Crippen LogP contribution >= 0.6 is 0 Å². The predicted octanol–water partition coefficient (Wildman–Crippen LogP) is 2.71. The van der Waals surface area contributed by atoms with Crippen molar-refractivity contribution in [3.05, 3.63) is 71.6 Å². The van der Waals surface area contributed by atoms with Gasteiger partial charge in [0.2, 0.25) is 0 Å². The van der Waals surface area contributed by atoms with Crippen LogP contribution in [0.25, 0.3) is 6.08 Å². The number of carbonyl (C=O) groups is 2. The van der Waals surface area contributed by atoms with Gasteiger partial charge in [-0.05, 0) is 41.5 Å². The van der Waals surface area contributed by atoms with E-state index in [9.17, 15) is 14.0 Å². The first-order valence-electron chi connectivity index (χ1n) is 7.57. The molecule has 0 bridgehead atoms. The molecule has 0 heterocycles. The number of amides is 1. The Balaban J connectivity index is 1.71. The molecule has 1 N–H and O–H groups in total. The van der Waals surface area contributed by atoms with Crippen molar-refractivity contribution in [2.75, 3.05) is 13.7 Å². The minimum atomic E-state index is -0.649. The number of halogens is 1. The largest absolute Gasteiger partial charge is 0.497 e. The van der Waals surface area contributed by atoms with Crippen LogP contribution in [0, 0.1) is 5.82 Å². The molecule has 0 fully saturated rings. The molecule has 0 radical (unpaired) electrons. The van der Waals surface area contributed by atoms with Gasteiger partial charge in [-0.15, -0.1) is 0 Å². The minimum Gasteiger partial charge on any atom is -0.497 e. The van der Waals surface area contributed by atoms with Crippen LogP contribution in [0.15, 0.2) is 54.6 Å². The molecular formula is C19H18FNO4. The van der Waals surface area contributed by atoms with Gasteiger partial charge in [-0.2, -0.15) is 0 Å². The third-order valence-electron chi connectivity index (χ3n) is 3.28. The van der Waals surface area contributed by atoms with Gasteiger partial charge in [0.15, 0.2) is 6.61 Å². The van der Waals surface area contributed by atoms with E-state index in [1.165, 1.54) is 36.4 Å². The minimum absolute atomic E-state index is 0.325. The van der Waals surface area contributed by atoms with Crippen LogP contribution in [-0.4, -0.2) is 25.6 Å². The highest BCUT2D eigenvalue weighted by atomic mass is 19.1. The summed E-state index contributed by atoms with van der Waals surface area (Å²) in [4.78, 5) is 23.2. The fraction of sp³-hybridized carbons (Fsp3) is 0.158.